The van der Waals surface area contributed by atoms with E-state index in [1.807, 2.05) is 38.2 Å². The SMILES string of the molecule is CCCn1c(C)c(Cl)c2cc(Nc3nccc(-n4cc(CN5CC(O)CC5CO)c(C)n4)n3)ccc21. The third kappa shape index (κ3) is 4.71. The molecule has 0 radical (unpaired) electrons. The summed E-state index contributed by atoms with van der Waals surface area (Å²) in [5.41, 5.74) is 4.96. The van der Waals surface area contributed by atoms with Gasteiger partial charge in [-0.05, 0) is 44.9 Å². The van der Waals surface area contributed by atoms with Gasteiger partial charge >= 0.3 is 0 Å². The average Bonchev–Trinajstić information content (AvgIpc) is 3.49. The van der Waals surface area contributed by atoms with Crippen LogP contribution < -0.4 is 5.32 Å². The highest BCUT2D eigenvalue weighted by molar-refractivity contribution is 6.36. The first-order chi connectivity index (χ1) is 17.4. The van der Waals surface area contributed by atoms with Crippen molar-refractivity contribution in [2.75, 3.05) is 18.5 Å². The molecule has 0 aliphatic carbocycles. The van der Waals surface area contributed by atoms with Crippen molar-refractivity contribution in [3.05, 3.63) is 58.6 Å². The largest absolute Gasteiger partial charge is 0.395 e. The van der Waals surface area contributed by atoms with Crippen LogP contribution in [0.3, 0.4) is 0 Å². The quantitative estimate of drug-likeness (QED) is 0.330. The van der Waals surface area contributed by atoms with Crippen molar-refractivity contribution in [3.8, 4) is 5.82 Å². The second kappa shape index (κ2) is 10.2. The molecule has 1 aliphatic rings. The Bertz CT molecular complexity index is 1380. The van der Waals surface area contributed by atoms with Crippen molar-refractivity contribution in [2.24, 2.45) is 0 Å². The number of hydrogen-bond donors (Lipinski definition) is 3. The average molecular weight is 510 g/mol. The van der Waals surface area contributed by atoms with E-state index in [0.717, 1.165) is 51.5 Å². The van der Waals surface area contributed by atoms with E-state index in [9.17, 15) is 10.2 Å². The number of fused-ring (bicyclic) bond motifs is 1. The number of aliphatic hydroxyl groups is 2. The molecule has 36 heavy (non-hydrogen) atoms. The zero-order chi connectivity index (χ0) is 25.4. The highest BCUT2D eigenvalue weighted by Crippen LogP contribution is 2.33. The molecule has 1 aliphatic heterocycles. The van der Waals surface area contributed by atoms with Crippen LogP contribution in [0.2, 0.25) is 5.02 Å². The smallest absolute Gasteiger partial charge is 0.229 e. The molecule has 2 unspecified atom stereocenters. The van der Waals surface area contributed by atoms with Crippen LogP contribution in [0.15, 0.2) is 36.7 Å². The number of nitrogens with one attached hydrogen (secondary N) is 1. The lowest BCUT2D eigenvalue weighted by molar-refractivity contribution is 0.150. The van der Waals surface area contributed by atoms with E-state index in [1.54, 1.807) is 10.9 Å². The van der Waals surface area contributed by atoms with Crippen LogP contribution in [0.1, 0.15) is 36.7 Å². The number of hydrogen-bond acceptors (Lipinski definition) is 7. The number of nitrogens with zero attached hydrogens (tertiary/aromatic N) is 6. The van der Waals surface area contributed by atoms with Gasteiger partial charge in [0.2, 0.25) is 5.95 Å². The van der Waals surface area contributed by atoms with Gasteiger partial charge in [-0.1, -0.05) is 18.5 Å². The second-order valence-electron chi connectivity index (χ2n) is 9.49. The van der Waals surface area contributed by atoms with Gasteiger partial charge in [-0.25, -0.2) is 9.67 Å². The highest BCUT2D eigenvalue weighted by Gasteiger charge is 2.30. The van der Waals surface area contributed by atoms with Crippen LogP contribution in [0, 0.1) is 13.8 Å². The number of aryl methyl sites for hydroxylation is 2. The van der Waals surface area contributed by atoms with E-state index in [4.69, 9.17) is 11.6 Å². The van der Waals surface area contributed by atoms with Crippen LogP contribution in [0.4, 0.5) is 11.6 Å². The fraction of sp³-hybridized carbons (Fsp3) is 0.423. The molecule has 0 bridgehead atoms. The van der Waals surface area contributed by atoms with E-state index in [1.165, 1.54) is 0 Å². The number of halogens is 1. The Morgan fingerprint density at radius 3 is 2.83 bits per heavy atom. The van der Waals surface area contributed by atoms with E-state index in [0.29, 0.717) is 31.3 Å². The molecule has 4 aromatic rings. The molecular formula is C26H32ClN7O2. The van der Waals surface area contributed by atoms with Gasteiger partial charge in [0.05, 0.1) is 23.4 Å². The molecule has 9 nitrogen and oxygen atoms in total. The summed E-state index contributed by atoms with van der Waals surface area (Å²) in [6.45, 7) is 8.29. The zero-order valence-corrected chi connectivity index (χ0v) is 21.6. The maximum atomic E-state index is 9.99. The standard InChI is InChI=1S/C26H32ClN7O2/c1-4-9-33-17(3)25(27)22-10-19(5-6-23(22)33)29-26-28-8-7-24(30-26)34-13-18(16(2)31-34)12-32-14-21(36)11-20(32)15-35/h5-8,10,13,20-21,35-36H,4,9,11-12,14-15H2,1-3H3,(H,28,29,30). The molecule has 0 saturated carbocycles. The molecule has 190 valence electrons. The summed E-state index contributed by atoms with van der Waals surface area (Å²) in [4.78, 5) is 11.2. The number of aromatic nitrogens is 5. The Hall–Kier alpha value is -2.98. The Kier molecular flexibility index (Phi) is 6.98. The number of β-amino-alcohol motifs (C(OH)–C–C–N with tert-alkyl or cyclic N) is 1. The van der Waals surface area contributed by atoms with Crippen LogP contribution >= 0.6 is 11.6 Å². The number of benzene rings is 1. The summed E-state index contributed by atoms with van der Waals surface area (Å²) in [7, 11) is 0. The molecule has 2 atom stereocenters. The predicted octanol–water partition coefficient (Wildman–Crippen LogP) is 3.97. The van der Waals surface area contributed by atoms with Gasteiger partial charge in [0.25, 0.3) is 0 Å². The van der Waals surface area contributed by atoms with Gasteiger partial charge in [0, 0.05) is 72.0 Å². The molecule has 0 amide bonds. The minimum Gasteiger partial charge on any atom is -0.395 e. The monoisotopic (exact) mass is 509 g/mol. The summed E-state index contributed by atoms with van der Waals surface area (Å²) < 4.78 is 3.99. The Balaban J connectivity index is 1.36. The summed E-state index contributed by atoms with van der Waals surface area (Å²) in [5, 5.41) is 29.4. The first-order valence-electron chi connectivity index (χ1n) is 12.3. The fourth-order valence-corrected chi connectivity index (χ4v) is 5.28. The Morgan fingerprint density at radius 2 is 2.06 bits per heavy atom. The van der Waals surface area contributed by atoms with Gasteiger partial charge < -0.3 is 20.1 Å². The molecule has 0 spiro atoms. The predicted molar refractivity (Wildman–Crippen MR) is 141 cm³/mol. The first kappa shape index (κ1) is 24.7. The molecule has 4 heterocycles. The third-order valence-corrected chi connectivity index (χ3v) is 7.39. The lowest BCUT2D eigenvalue weighted by Crippen LogP contribution is -2.32. The minimum absolute atomic E-state index is 0.0328. The minimum atomic E-state index is -0.406. The maximum absolute atomic E-state index is 9.99. The van der Waals surface area contributed by atoms with Crippen LogP contribution in [0.25, 0.3) is 16.7 Å². The van der Waals surface area contributed by atoms with E-state index in [2.05, 4.69) is 42.8 Å². The lowest BCUT2D eigenvalue weighted by atomic mass is 10.2. The zero-order valence-electron chi connectivity index (χ0n) is 20.8. The molecule has 5 rings (SSSR count). The van der Waals surface area contributed by atoms with E-state index < -0.39 is 6.10 Å². The molecule has 3 aromatic heterocycles. The first-order valence-corrected chi connectivity index (χ1v) is 12.7. The van der Waals surface area contributed by atoms with E-state index in [-0.39, 0.29) is 12.6 Å². The molecule has 1 fully saturated rings. The van der Waals surface area contributed by atoms with Crippen molar-refractivity contribution in [1.29, 1.82) is 0 Å². The highest BCUT2D eigenvalue weighted by atomic mass is 35.5. The molecule has 1 aromatic carbocycles. The Labute approximate surface area is 215 Å². The summed E-state index contributed by atoms with van der Waals surface area (Å²) >= 11 is 6.64. The molecule has 1 saturated heterocycles. The van der Waals surface area contributed by atoms with E-state index >= 15 is 0 Å². The maximum Gasteiger partial charge on any atom is 0.229 e. The number of likely N-dealkylation sites (tertiary alicyclic amines) is 1. The van der Waals surface area contributed by atoms with Crippen molar-refractivity contribution in [3.63, 3.8) is 0 Å². The second-order valence-corrected chi connectivity index (χ2v) is 9.86. The van der Waals surface area contributed by atoms with Gasteiger partial charge in [0.1, 0.15) is 0 Å². The van der Waals surface area contributed by atoms with Crippen LogP contribution in [0.5, 0.6) is 0 Å². The summed E-state index contributed by atoms with van der Waals surface area (Å²) in [6.07, 6.45) is 4.87. The topological polar surface area (TPSA) is 104 Å². The molecular weight excluding hydrogens is 478 g/mol. The summed E-state index contributed by atoms with van der Waals surface area (Å²) in [5.74, 6) is 1.11. The third-order valence-electron chi connectivity index (χ3n) is 6.92. The normalized spacial score (nSPS) is 18.4. The van der Waals surface area contributed by atoms with Gasteiger partial charge in [0.15, 0.2) is 5.82 Å². The van der Waals surface area contributed by atoms with Crippen LogP contribution in [-0.4, -0.2) is 64.7 Å². The van der Waals surface area contributed by atoms with Crippen molar-refractivity contribution in [2.45, 2.75) is 58.8 Å². The van der Waals surface area contributed by atoms with Crippen molar-refractivity contribution in [1.82, 2.24) is 29.2 Å². The van der Waals surface area contributed by atoms with Gasteiger partial charge in [-0.3, -0.25) is 4.90 Å². The number of anilines is 2. The van der Waals surface area contributed by atoms with Crippen LogP contribution in [-0.2, 0) is 13.1 Å². The Morgan fingerprint density at radius 1 is 1.22 bits per heavy atom. The fourth-order valence-electron chi connectivity index (χ4n) is 5.03. The van der Waals surface area contributed by atoms with Gasteiger partial charge in [-0.15, -0.1) is 0 Å². The summed E-state index contributed by atoms with van der Waals surface area (Å²) in [6, 6.07) is 7.90. The lowest BCUT2D eigenvalue weighted by Gasteiger charge is -2.21. The molecule has 10 heteroatoms. The van der Waals surface area contributed by atoms with Gasteiger partial charge in [-0.2, -0.15) is 10.1 Å². The number of aliphatic hydroxyl groups excluding tert-OH is 2. The number of rotatable bonds is 8. The van der Waals surface area contributed by atoms with Crippen molar-refractivity contribution < 1.29 is 10.2 Å². The van der Waals surface area contributed by atoms with Crippen molar-refractivity contribution >= 4 is 34.1 Å². The molecule has 3 N–H and O–H groups in total.